The summed E-state index contributed by atoms with van der Waals surface area (Å²) in [7, 11) is 0. The summed E-state index contributed by atoms with van der Waals surface area (Å²) >= 11 is 1.45. The number of nitrogens with zero attached hydrogens (tertiary/aromatic N) is 2. The molecule has 0 spiro atoms. The molecule has 156 valence electrons. The molecule has 0 saturated carbocycles. The van der Waals surface area contributed by atoms with Gasteiger partial charge in [0.25, 0.3) is 5.56 Å². The molecule has 4 aromatic rings. The molecule has 0 saturated heterocycles. The highest BCUT2D eigenvalue weighted by atomic mass is 32.1. The highest BCUT2D eigenvalue weighted by Gasteiger charge is 2.19. The fourth-order valence-corrected chi connectivity index (χ4v) is 4.17. The van der Waals surface area contributed by atoms with Crippen molar-refractivity contribution >= 4 is 44.7 Å². The van der Waals surface area contributed by atoms with E-state index in [2.05, 4.69) is 15.6 Å². The van der Waals surface area contributed by atoms with Crippen LogP contribution in [0.15, 0.2) is 71.8 Å². The average molecular weight is 433 g/mol. The van der Waals surface area contributed by atoms with Crippen molar-refractivity contribution in [1.29, 1.82) is 0 Å². The first-order valence-corrected chi connectivity index (χ1v) is 10.5. The number of hydrogen-bond donors (Lipinski definition) is 2. The molecule has 31 heavy (non-hydrogen) atoms. The molecule has 1 atom stereocenters. The number of benzene rings is 2. The van der Waals surface area contributed by atoms with Crippen LogP contribution in [-0.4, -0.2) is 21.4 Å². The van der Waals surface area contributed by atoms with E-state index in [1.54, 1.807) is 31.2 Å². The van der Waals surface area contributed by atoms with Crippen molar-refractivity contribution in [1.82, 2.24) is 9.55 Å². The lowest BCUT2D eigenvalue weighted by molar-refractivity contribution is -0.119. The zero-order valence-corrected chi connectivity index (χ0v) is 17.8. The monoisotopic (exact) mass is 432 g/mol. The van der Waals surface area contributed by atoms with Crippen LogP contribution >= 0.6 is 11.3 Å². The fraction of sp³-hybridized carbons (Fsp3) is 0.130. The van der Waals surface area contributed by atoms with Gasteiger partial charge in [-0.1, -0.05) is 30.3 Å². The van der Waals surface area contributed by atoms with E-state index in [-0.39, 0.29) is 17.4 Å². The second-order valence-electron chi connectivity index (χ2n) is 7.08. The van der Waals surface area contributed by atoms with E-state index in [1.807, 2.05) is 36.4 Å². The number of aromatic nitrogens is 2. The number of rotatable bonds is 5. The first-order chi connectivity index (χ1) is 14.9. The summed E-state index contributed by atoms with van der Waals surface area (Å²) in [6, 6.07) is 17.6. The van der Waals surface area contributed by atoms with E-state index < -0.39 is 6.04 Å². The summed E-state index contributed by atoms with van der Waals surface area (Å²) in [5, 5.41) is 5.95. The van der Waals surface area contributed by atoms with Gasteiger partial charge < -0.3 is 10.6 Å². The molecule has 2 amide bonds. The normalized spacial score (nSPS) is 11.8. The highest BCUT2D eigenvalue weighted by molar-refractivity contribution is 7.21. The molecule has 0 radical (unpaired) electrons. The van der Waals surface area contributed by atoms with Crippen molar-refractivity contribution in [2.45, 2.75) is 19.9 Å². The largest absolute Gasteiger partial charge is 0.326 e. The predicted octanol–water partition coefficient (Wildman–Crippen LogP) is 4.28. The van der Waals surface area contributed by atoms with Crippen molar-refractivity contribution < 1.29 is 9.59 Å². The van der Waals surface area contributed by atoms with Crippen LogP contribution in [0.5, 0.6) is 0 Å². The molecule has 0 aliphatic heterocycles. The number of hydrogen-bond acceptors (Lipinski definition) is 5. The van der Waals surface area contributed by atoms with Crippen molar-refractivity contribution in [3.63, 3.8) is 0 Å². The first kappa shape index (κ1) is 20.5. The minimum atomic E-state index is -0.750. The Bertz CT molecular complexity index is 1310. The maximum atomic E-state index is 13.0. The Morgan fingerprint density at radius 3 is 2.29 bits per heavy atom. The van der Waals surface area contributed by atoms with Crippen LogP contribution in [0.4, 0.5) is 11.4 Å². The van der Waals surface area contributed by atoms with Crippen molar-refractivity contribution in [3.8, 4) is 10.4 Å². The topological polar surface area (TPSA) is 93.1 Å². The zero-order chi connectivity index (χ0) is 22.0. The van der Waals surface area contributed by atoms with Gasteiger partial charge in [-0.15, -0.1) is 11.3 Å². The fourth-order valence-electron chi connectivity index (χ4n) is 3.17. The molecule has 2 aromatic heterocycles. The molecule has 0 aliphatic carbocycles. The number of amides is 2. The first-order valence-electron chi connectivity index (χ1n) is 9.67. The van der Waals surface area contributed by atoms with Crippen LogP contribution in [0, 0.1) is 0 Å². The lowest BCUT2D eigenvalue weighted by atomic mass is 10.2. The van der Waals surface area contributed by atoms with Gasteiger partial charge >= 0.3 is 0 Å². The smallest absolute Gasteiger partial charge is 0.262 e. The minimum absolute atomic E-state index is 0.170. The molecule has 4 rings (SSSR count). The summed E-state index contributed by atoms with van der Waals surface area (Å²) in [4.78, 5) is 42.9. The Morgan fingerprint density at radius 1 is 1.00 bits per heavy atom. The molecular formula is C23H20N4O3S. The summed E-state index contributed by atoms with van der Waals surface area (Å²) in [5.41, 5.74) is 1.96. The number of carbonyl (C=O) groups is 2. The van der Waals surface area contributed by atoms with Gasteiger partial charge in [-0.05, 0) is 42.8 Å². The molecule has 2 aromatic carbocycles. The van der Waals surface area contributed by atoms with Gasteiger partial charge in [0.05, 0.1) is 11.7 Å². The van der Waals surface area contributed by atoms with Gasteiger partial charge in [0, 0.05) is 23.2 Å². The Labute approximate surface area is 182 Å². The zero-order valence-electron chi connectivity index (χ0n) is 17.0. The predicted molar refractivity (Wildman–Crippen MR) is 123 cm³/mol. The van der Waals surface area contributed by atoms with E-state index >= 15 is 0 Å². The van der Waals surface area contributed by atoms with Crippen LogP contribution in [0.2, 0.25) is 0 Å². The maximum absolute atomic E-state index is 13.0. The lowest BCUT2D eigenvalue weighted by Crippen LogP contribution is -2.31. The van der Waals surface area contributed by atoms with Crippen LogP contribution in [0.25, 0.3) is 20.7 Å². The average Bonchev–Trinajstić information content (AvgIpc) is 3.20. The molecule has 7 nitrogen and oxygen atoms in total. The second-order valence-corrected chi connectivity index (χ2v) is 8.11. The SMILES string of the molecule is CC(=O)Nc1ccc(NC(=O)C(C)n2cnc3sc(-c4ccccc4)cc3c2=O)cc1. The van der Waals surface area contributed by atoms with Gasteiger partial charge in [-0.25, -0.2) is 4.98 Å². The standard InChI is InChI=1S/C23H20N4O3S/c1-14(21(29)26-18-10-8-17(9-11-18)25-15(2)28)27-13-24-22-19(23(27)30)12-20(31-22)16-6-4-3-5-7-16/h3-14H,1-2H3,(H,25,28)(H,26,29). The number of anilines is 2. The van der Waals surface area contributed by atoms with Crippen LogP contribution < -0.4 is 16.2 Å². The van der Waals surface area contributed by atoms with Gasteiger partial charge in [-0.2, -0.15) is 0 Å². The summed E-state index contributed by atoms with van der Waals surface area (Å²) < 4.78 is 1.34. The van der Waals surface area contributed by atoms with E-state index in [0.29, 0.717) is 21.6 Å². The van der Waals surface area contributed by atoms with Gasteiger partial charge in [-0.3, -0.25) is 19.0 Å². The summed E-state index contributed by atoms with van der Waals surface area (Å²) in [5.74, 6) is -0.509. The van der Waals surface area contributed by atoms with Gasteiger partial charge in [0.1, 0.15) is 10.9 Å². The molecular weight excluding hydrogens is 412 g/mol. The Balaban J connectivity index is 1.56. The van der Waals surface area contributed by atoms with E-state index in [9.17, 15) is 14.4 Å². The third kappa shape index (κ3) is 4.39. The van der Waals surface area contributed by atoms with Crippen molar-refractivity contribution in [2.24, 2.45) is 0 Å². The number of fused-ring (bicyclic) bond motifs is 1. The Morgan fingerprint density at radius 2 is 1.65 bits per heavy atom. The minimum Gasteiger partial charge on any atom is -0.326 e. The third-order valence-electron chi connectivity index (χ3n) is 4.80. The second kappa shape index (κ2) is 8.53. The number of thiophene rings is 1. The molecule has 2 N–H and O–H groups in total. The summed E-state index contributed by atoms with van der Waals surface area (Å²) in [6.45, 7) is 3.08. The van der Waals surface area contributed by atoms with Gasteiger partial charge in [0.15, 0.2) is 0 Å². The van der Waals surface area contributed by atoms with E-state index in [4.69, 9.17) is 0 Å². The van der Waals surface area contributed by atoms with E-state index in [0.717, 1.165) is 10.4 Å². The van der Waals surface area contributed by atoms with Crippen LogP contribution in [0.3, 0.4) is 0 Å². The number of carbonyl (C=O) groups excluding carboxylic acids is 2. The Hall–Kier alpha value is -3.78. The molecule has 0 bridgehead atoms. The maximum Gasteiger partial charge on any atom is 0.262 e. The van der Waals surface area contributed by atoms with Gasteiger partial charge in [0.2, 0.25) is 11.8 Å². The molecule has 0 aliphatic rings. The van der Waals surface area contributed by atoms with E-state index in [1.165, 1.54) is 29.2 Å². The van der Waals surface area contributed by atoms with Crippen LogP contribution in [0.1, 0.15) is 19.9 Å². The van der Waals surface area contributed by atoms with Crippen molar-refractivity contribution in [2.75, 3.05) is 10.6 Å². The summed E-state index contributed by atoms with van der Waals surface area (Å²) in [6.07, 6.45) is 1.42. The van der Waals surface area contributed by atoms with Crippen LogP contribution in [-0.2, 0) is 9.59 Å². The third-order valence-corrected chi connectivity index (χ3v) is 5.90. The Kier molecular flexibility index (Phi) is 5.64. The molecule has 8 heteroatoms. The molecule has 1 unspecified atom stereocenters. The van der Waals surface area contributed by atoms with Crippen molar-refractivity contribution in [3.05, 3.63) is 77.3 Å². The lowest BCUT2D eigenvalue weighted by Gasteiger charge is -2.15. The number of nitrogens with one attached hydrogen (secondary N) is 2. The molecule has 2 heterocycles. The molecule has 0 fully saturated rings. The highest BCUT2D eigenvalue weighted by Crippen LogP contribution is 2.30. The quantitative estimate of drug-likeness (QED) is 0.492.